The van der Waals surface area contributed by atoms with Crippen LogP contribution in [0.2, 0.25) is 0 Å². The number of para-hydroxylation sites is 2. The number of benzene rings is 2. The van der Waals surface area contributed by atoms with E-state index < -0.39 is 0 Å². The Bertz CT molecular complexity index is 1220. The maximum atomic E-state index is 12.9. The molecule has 146 valence electrons. The standard InChI is InChI=1S/C23H23N5O/c1-13-10-19-21(20(29)11-13)22(24-16-9-8-14(2)15(3)12-16)27-28(19)23-25-17-6-4-5-7-18(17)26-23/h4-9,12-13H,10-11H2,1-3H3,(H,24,27)(H,25,26). The molecule has 0 spiro atoms. The molecular weight excluding hydrogens is 362 g/mol. The van der Waals surface area contributed by atoms with E-state index in [9.17, 15) is 4.79 Å². The summed E-state index contributed by atoms with van der Waals surface area (Å²) in [4.78, 5) is 20.9. The third-order valence-corrected chi connectivity index (χ3v) is 5.68. The first kappa shape index (κ1) is 17.7. The fourth-order valence-corrected chi connectivity index (χ4v) is 4.01. The molecular formula is C23H23N5O. The van der Waals surface area contributed by atoms with Gasteiger partial charge in [0.2, 0.25) is 5.95 Å². The van der Waals surface area contributed by atoms with E-state index in [0.717, 1.165) is 28.8 Å². The molecule has 1 aliphatic carbocycles. The Kier molecular flexibility index (Phi) is 4.01. The van der Waals surface area contributed by atoms with Crippen molar-refractivity contribution in [2.24, 2.45) is 5.92 Å². The molecule has 0 aliphatic heterocycles. The second-order valence-electron chi connectivity index (χ2n) is 8.02. The van der Waals surface area contributed by atoms with Crippen molar-refractivity contribution in [3.05, 3.63) is 64.8 Å². The fourth-order valence-electron chi connectivity index (χ4n) is 4.01. The van der Waals surface area contributed by atoms with Gasteiger partial charge >= 0.3 is 0 Å². The molecule has 0 saturated carbocycles. The first-order valence-corrected chi connectivity index (χ1v) is 9.94. The van der Waals surface area contributed by atoms with Crippen molar-refractivity contribution < 1.29 is 4.79 Å². The normalized spacial score (nSPS) is 16.2. The van der Waals surface area contributed by atoms with Gasteiger partial charge in [-0.05, 0) is 61.6 Å². The molecule has 0 amide bonds. The van der Waals surface area contributed by atoms with Gasteiger partial charge in [-0.25, -0.2) is 9.67 Å². The lowest BCUT2D eigenvalue weighted by Crippen LogP contribution is -2.20. The predicted octanol–water partition coefficient (Wildman–Crippen LogP) is 4.87. The fraction of sp³-hybridized carbons (Fsp3) is 0.261. The van der Waals surface area contributed by atoms with Gasteiger partial charge in [0.05, 0.1) is 22.3 Å². The molecule has 2 aromatic heterocycles. The lowest BCUT2D eigenvalue weighted by atomic mass is 9.88. The smallest absolute Gasteiger partial charge is 0.229 e. The summed E-state index contributed by atoms with van der Waals surface area (Å²) in [5, 5.41) is 8.16. The van der Waals surface area contributed by atoms with E-state index in [0.29, 0.717) is 23.8 Å². The molecule has 0 saturated heterocycles. The Morgan fingerprint density at radius 2 is 1.93 bits per heavy atom. The molecule has 0 bridgehead atoms. The Balaban J connectivity index is 1.64. The van der Waals surface area contributed by atoms with Crippen LogP contribution in [0, 0.1) is 19.8 Å². The van der Waals surface area contributed by atoms with Crippen LogP contribution >= 0.6 is 0 Å². The van der Waals surface area contributed by atoms with E-state index in [2.05, 4.69) is 43.2 Å². The average molecular weight is 385 g/mol. The summed E-state index contributed by atoms with van der Waals surface area (Å²) in [6, 6.07) is 14.1. The van der Waals surface area contributed by atoms with Gasteiger partial charge in [-0.15, -0.1) is 5.10 Å². The molecule has 1 atom stereocenters. The van der Waals surface area contributed by atoms with Crippen molar-refractivity contribution in [2.45, 2.75) is 33.6 Å². The van der Waals surface area contributed by atoms with Gasteiger partial charge in [0.1, 0.15) is 0 Å². The van der Waals surface area contributed by atoms with Gasteiger partial charge < -0.3 is 10.3 Å². The molecule has 6 nitrogen and oxygen atoms in total. The summed E-state index contributed by atoms with van der Waals surface area (Å²) in [6.45, 7) is 6.27. The van der Waals surface area contributed by atoms with Crippen LogP contribution < -0.4 is 5.32 Å². The van der Waals surface area contributed by atoms with Gasteiger partial charge in [-0.1, -0.05) is 25.1 Å². The minimum Gasteiger partial charge on any atom is -0.338 e. The van der Waals surface area contributed by atoms with Crippen molar-refractivity contribution >= 4 is 28.3 Å². The first-order valence-electron chi connectivity index (χ1n) is 9.94. The number of hydrogen-bond donors (Lipinski definition) is 2. The van der Waals surface area contributed by atoms with E-state index in [1.165, 1.54) is 11.1 Å². The number of aromatic amines is 1. The monoisotopic (exact) mass is 385 g/mol. The van der Waals surface area contributed by atoms with Crippen LogP contribution in [0.1, 0.15) is 40.5 Å². The summed E-state index contributed by atoms with van der Waals surface area (Å²) in [5.41, 5.74) is 6.78. The number of nitrogens with zero attached hydrogens (tertiary/aromatic N) is 3. The number of nitrogens with one attached hydrogen (secondary N) is 2. The number of ketones is 1. The number of aromatic nitrogens is 4. The number of Topliss-reactive ketones (excluding diaryl/α,β-unsaturated/α-hetero) is 1. The number of rotatable bonds is 3. The van der Waals surface area contributed by atoms with E-state index >= 15 is 0 Å². The molecule has 5 rings (SSSR count). The van der Waals surface area contributed by atoms with Crippen LogP contribution in [-0.4, -0.2) is 25.5 Å². The van der Waals surface area contributed by atoms with Crippen LogP contribution in [0.25, 0.3) is 17.0 Å². The van der Waals surface area contributed by atoms with Crippen LogP contribution in [0.3, 0.4) is 0 Å². The van der Waals surface area contributed by atoms with Gasteiger partial charge in [0.15, 0.2) is 11.6 Å². The Labute approximate surface area is 169 Å². The van der Waals surface area contributed by atoms with Crippen molar-refractivity contribution in [2.75, 3.05) is 5.32 Å². The Morgan fingerprint density at radius 3 is 2.72 bits per heavy atom. The topological polar surface area (TPSA) is 75.6 Å². The van der Waals surface area contributed by atoms with E-state index in [-0.39, 0.29) is 11.7 Å². The van der Waals surface area contributed by atoms with E-state index in [1.807, 2.05) is 30.3 Å². The molecule has 1 aliphatic rings. The Hall–Kier alpha value is -3.41. The molecule has 2 heterocycles. The summed E-state index contributed by atoms with van der Waals surface area (Å²) < 4.78 is 1.80. The molecule has 4 aromatic rings. The number of hydrogen-bond acceptors (Lipinski definition) is 4. The van der Waals surface area contributed by atoms with E-state index in [4.69, 9.17) is 10.1 Å². The minimum atomic E-state index is 0.132. The largest absolute Gasteiger partial charge is 0.338 e. The highest BCUT2D eigenvalue weighted by Crippen LogP contribution is 2.34. The van der Waals surface area contributed by atoms with Gasteiger partial charge in [-0.2, -0.15) is 0 Å². The van der Waals surface area contributed by atoms with Gasteiger partial charge in [0.25, 0.3) is 0 Å². The summed E-state index contributed by atoms with van der Waals surface area (Å²) in [6.07, 6.45) is 1.33. The lowest BCUT2D eigenvalue weighted by Gasteiger charge is -2.18. The highest BCUT2D eigenvalue weighted by atomic mass is 16.1. The minimum absolute atomic E-state index is 0.132. The van der Waals surface area contributed by atoms with Crippen molar-refractivity contribution in [1.82, 2.24) is 19.7 Å². The second kappa shape index (κ2) is 6.58. The number of H-pyrrole nitrogens is 1. The van der Waals surface area contributed by atoms with Crippen molar-refractivity contribution in [1.29, 1.82) is 0 Å². The highest BCUT2D eigenvalue weighted by Gasteiger charge is 2.31. The zero-order chi connectivity index (χ0) is 20.1. The average Bonchev–Trinajstić information content (AvgIpc) is 3.26. The van der Waals surface area contributed by atoms with Crippen LogP contribution in [0.4, 0.5) is 11.5 Å². The molecule has 0 radical (unpaired) electrons. The molecule has 1 unspecified atom stereocenters. The second-order valence-corrected chi connectivity index (χ2v) is 8.02. The zero-order valence-corrected chi connectivity index (χ0v) is 16.8. The maximum absolute atomic E-state index is 12.9. The van der Waals surface area contributed by atoms with Gasteiger partial charge in [-0.3, -0.25) is 4.79 Å². The van der Waals surface area contributed by atoms with Crippen molar-refractivity contribution in [3.8, 4) is 5.95 Å². The quantitative estimate of drug-likeness (QED) is 0.527. The number of aryl methyl sites for hydroxylation is 2. The van der Waals surface area contributed by atoms with Crippen LogP contribution in [0.5, 0.6) is 0 Å². The maximum Gasteiger partial charge on any atom is 0.229 e. The third-order valence-electron chi connectivity index (χ3n) is 5.68. The summed E-state index contributed by atoms with van der Waals surface area (Å²) in [5.74, 6) is 1.65. The predicted molar refractivity (Wildman–Crippen MR) is 114 cm³/mol. The molecule has 0 fully saturated rings. The number of carbonyl (C=O) groups excluding carboxylic acids is 1. The third kappa shape index (κ3) is 3.01. The zero-order valence-electron chi connectivity index (χ0n) is 16.8. The lowest BCUT2D eigenvalue weighted by molar-refractivity contribution is 0.0953. The summed E-state index contributed by atoms with van der Waals surface area (Å²) >= 11 is 0. The molecule has 6 heteroatoms. The highest BCUT2D eigenvalue weighted by molar-refractivity contribution is 6.03. The Morgan fingerprint density at radius 1 is 1.10 bits per heavy atom. The molecule has 2 N–H and O–H groups in total. The number of fused-ring (bicyclic) bond motifs is 2. The first-order chi connectivity index (χ1) is 14.0. The SMILES string of the molecule is Cc1ccc(Nc2nn(-c3nc4ccccc4[nH]3)c3c2C(=O)CC(C)C3)cc1C. The molecule has 29 heavy (non-hydrogen) atoms. The van der Waals surface area contributed by atoms with Gasteiger partial charge in [0, 0.05) is 12.1 Å². The number of anilines is 2. The number of carbonyl (C=O) groups is 1. The van der Waals surface area contributed by atoms with Crippen LogP contribution in [0.15, 0.2) is 42.5 Å². The van der Waals surface area contributed by atoms with Crippen LogP contribution in [-0.2, 0) is 6.42 Å². The molecule has 2 aromatic carbocycles. The van der Waals surface area contributed by atoms with E-state index in [1.54, 1.807) is 4.68 Å². The summed E-state index contributed by atoms with van der Waals surface area (Å²) in [7, 11) is 0. The van der Waals surface area contributed by atoms with Crippen molar-refractivity contribution in [3.63, 3.8) is 0 Å². The number of imidazole rings is 1.